The second-order valence-electron chi connectivity index (χ2n) is 7.13. The van der Waals surface area contributed by atoms with Crippen molar-refractivity contribution in [1.29, 1.82) is 0 Å². The van der Waals surface area contributed by atoms with Crippen molar-refractivity contribution < 1.29 is 30.8 Å². The highest BCUT2D eigenvalue weighted by Gasteiger charge is 2.32. The molecule has 0 saturated carbocycles. The van der Waals surface area contributed by atoms with Gasteiger partial charge in [-0.3, -0.25) is 9.52 Å². The Bertz CT molecular complexity index is 1240. The quantitative estimate of drug-likeness (QED) is 0.278. The average molecular weight is 499 g/mol. The first-order valence-electron chi connectivity index (χ1n) is 9.89. The molecule has 1 aromatic carbocycles. The highest BCUT2D eigenvalue weighted by molar-refractivity contribution is 7.92. The third-order valence-electron chi connectivity index (χ3n) is 4.23. The Kier molecular flexibility index (Phi) is 8.64. The van der Waals surface area contributed by atoms with Crippen molar-refractivity contribution in [3.63, 3.8) is 0 Å². The van der Waals surface area contributed by atoms with Crippen molar-refractivity contribution in [2.45, 2.75) is 26.1 Å². The van der Waals surface area contributed by atoms with Gasteiger partial charge in [0.15, 0.2) is 0 Å². The lowest BCUT2D eigenvalue weighted by molar-refractivity contribution is -0.141. The van der Waals surface area contributed by atoms with E-state index in [2.05, 4.69) is 21.5 Å². The Labute approximate surface area is 194 Å². The molecule has 0 unspecified atom stereocenters. The SMILES string of the molecule is C#Cc1cc(CNC(=O)/C=C\c2ccc(C(F)(F)F)nc2NCCC)cc(F)c1NS(C)(=O)=O. The van der Waals surface area contributed by atoms with Crippen LogP contribution in [0, 0.1) is 18.2 Å². The number of carbonyl (C=O) groups excluding carboxylic acids is 1. The van der Waals surface area contributed by atoms with E-state index in [-0.39, 0.29) is 34.7 Å². The molecule has 12 heteroatoms. The summed E-state index contributed by atoms with van der Waals surface area (Å²) in [7, 11) is -3.76. The third kappa shape index (κ3) is 7.77. The summed E-state index contributed by atoms with van der Waals surface area (Å²) in [6.07, 6.45) is 4.61. The van der Waals surface area contributed by atoms with Crippen molar-refractivity contribution in [1.82, 2.24) is 10.3 Å². The number of alkyl halides is 3. The zero-order chi connectivity index (χ0) is 25.5. The third-order valence-corrected chi connectivity index (χ3v) is 4.81. The minimum absolute atomic E-state index is 0.0181. The van der Waals surface area contributed by atoms with E-state index in [9.17, 15) is 30.8 Å². The average Bonchev–Trinajstić information content (AvgIpc) is 2.75. The summed E-state index contributed by atoms with van der Waals surface area (Å²) in [5, 5.41) is 5.29. The van der Waals surface area contributed by atoms with Gasteiger partial charge in [0.05, 0.1) is 17.5 Å². The summed E-state index contributed by atoms with van der Waals surface area (Å²) in [5.74, 6) is 0.643. The van der Waals surface area contributed by atoms with Gasteiger partial charge in [-0.05, 0) is 42.3 Å². The fourth-order valence-electron chi connectivity index (χ4n) is 2.73. The van der Waals surface area contributed by atoms with Crippen LogP contribution < -0.4 is 15.4 Å². The second-order valence-corrected chi connectivity index (χ2v) is 8.88. The van der Waals surface area contributed by atoms with Crippen LogP contribution in [0.3, 0.4) is 0 Å². The number of hydrogen-bond acceptors (Lipinski definition) is 5. The molecule has 0 aliphatic rings. The zero-order valence-electron chi connectivity index (χ0n) is 18.3. The topological polar surface area (TPSA) is 100 Å². The Balaban J connectivity index is 2.15. The van der Waals surface area contributed by atoms with Crippen molar-refractivity contribution in [3.05, 3.63) is 58.5 Å². The molecule has 2 rings (SSSR count). The standard InChI is InChI=1S/C22H22F4N4O3S/c1-4-10-27-21-16(6-8-18(29-21)22(24,25)26)7-9-19(31)28-13-14-11-15(5-2)20(17(23)12-14)30-34(3,32)33/h2,6-9,11-12,30H,4,10,13H2,1,3H3,(H,27,29)(H,28,31)/b9-7-. The molecule has 0 spiro atoms. The highest BCUT2D eigenvalue weighted by atomic mass is 32.2. The Morgan fingerprint density at radius 3 is 2.56 bits per heavy atom. The molecular weight excluding hydrogens is 476 g/mol. The lowest BCUT2D eigenvalue weighted by atomic mass is 10.1. The molecule has 182 valence electrons. The van der Waals surface area contributed by atoms with E-state index in [1.807, 2.05) is 11.6 Å². The summed E-state index contributed by atoms with van der Waals surface area (Å²) in [6, 6.07) is 4.36. The number of benzene rings is 1. The van der Waals surface area contributed by atoms with Crippen LogP contribution in [-0.2, 0) is 27.5 Å². The first-order valence-corrected chi connectivity index (χ1v) is 11.8. The predicted molar refractivity (Wildman–Crippen MR) is 122 cm³/mol. The molecule has 1 amide bonds. The van der Waals surface area contributed by atoms with Gasteiger partial charge >= 0.3 is 6.18 Å². The molecule has 0 aliphatic carbocycles. The minimum atomic E-state index is -4.61. The predicted octanol–water partition coefficient (Wildman–Crippen LogP) is 3.74. The van der Waals surface area contributed by atoms with Crippen molar-refractivity contribution in [3.8, 4) is 12.3 Å². The smallest absolute Gasteiger partial charge is 0.370 e. The number of anilines is 2. The van der Waals surface area contributed by atoms with Gasteiger partial charge in [0.25, 0.3) is 0 Å². The maximum atomic E-state index is 14.3. The molecule has 0 aliphatic heterocycles. The minimum Gasteiger partial charge on any atom is -0.370 e. The van der Waals surface area contributed by atoms with E-state index in [0.717, 1.165) is 24.5 Å². The van der Waals surface area contributed by atoms with Crippen molar-refractivity contribution in [2.24, 2.45) is 0 Å². The van der Waals surface area contributed by atoms with Gasteiger partial charge in [-0.2, -0.15) is 13.2 Å². The number of pyridine rings is 1. The van der Waals surface area contributed by atoms with Gasteiger partial charge in [0, 0.05) is 24.7 Å². The van der Waals surface area contributed by atoms with Crippen LogP contribution in [0.1, 0.15) is 35.7 Å². The van der Waals surface area contributed by atoms with Crippen LogP contribution >= 0.6 is 0 Å². The monoisotopic (exact) mass is 498 g/mol. The number of hydrogen-bond donors (Lipinski definition) is 3. The second kappa shape index (κ2) is 11.0. The molecular formula is C22H22F4N4O3S. The maximum Gasteiger partial charge on any atom is 0.433 e. The molecule has 0 radical (unpaired) electrons. The van der Waals surface area contributed by atoms with Gasteiger partial charge in [-0.25, -0.2) is 17.8 Å². The van der Waals surface area contributed by atoms with E-state index in [0.29, 0.717) is 13.0 Å². The maximum absolute atomic E-state index is 14.3. The lowest BCUT2D eigenvalue weighted by Gasteiger charge is -2.12. The summed E-state index contributed by atoms with van der Waals surface area (Å²) >= 11 is 0. The number of nitrogens with one attached hydrogen (secondary N) is 3. The molecule has 0 fully saturated rings. The largest absolute Gasteiger partial charge is 0.433 e. The first-order chi connectivity index (χ1) is 15.8. The zero-order valence-corrected chi connectivity index (χ0v) is 19.1. The number of aromatic nitrogens is 1. The Morgan fingerprint density at radius 2 is 1.97 bits per heavy atom. The molecule has 7 nitrogen and oxygen atoms in total. The fraction of sp³-hybridized carbons (Fsp3) is 0.273. The number of terminal acetylenes is 1. The number of rotatable bonds is 9. The normalized spacial score (nSPS) is 11.8. The highest BCUT2D eigenvalue weighted by Crippen LogP contribution is 2.30. The molecule has 2 aromatic rings. The van der Waals surface area contributed by atoms with Crippen LogP contribution in [0.2, 0.25) is 0 Å². The number of carbonyl (C=O) groups is 1. The molecule has 1 heterocycles. The summed E-state index contributed by atoms with van der Waals surface area (Å²) < 4.78 is 77.9. The van der Waals surface area contributed by atoms with Crippen LogP contribution in [0.15, 0.2) is 30.3 Å². The van der Waals surface area contributed by atoms with E-state index >= 15 is 0 Å². The first kappa shape index (κ1) is 26.7. The molecule has 0 atom stereocenters. The fourth-order valence-corrected chi connectivity index (χ4v) is 3.31. The summed E-state index contributed by atoms with van der Waals surface area (Å²) in [5.41, 5.74) is -0.941. The van der Waals surface area contributed by atoms with Crippen molar-refractivity contribution >= 4 is 33.5 Å². The van der Waals surface area contributed by atoms with Gasteiger partial charge in [-0.1, -0.05) is 12.8 Å². The van der Waals surface area contributed by atoms with E-state index < -0.39 is 33.6 Å². The van der Waals surface area contributed by atoms with Gasteiger partial charge < -0.3 is 10.6 Å². The number of halogens is 4. The number of sulfonamides is 1. The van der Waals surface area contributed by atoms with Gasteiger partial charge in [-0.15, -0.1) is 6.42 Å². The van der Waals surface area contributed by atoms with E-state index in [1.54, 1.807) is 0 Å². The van der Waals surface area contributed by atoms with E-state index in [4.69, 9.17) is 6.42 Å². The Morgan fingerprint density at radius 1 is 1.26 bits per heavy atom. The van der Waals surface area contributed by atoms with Crippen LogP contribution in [0.4, 0.5) is 29.1 Å². The van der Waals surface area contributed by atoms with E-state index in [1.165, 1.54) is 18.2 Å². The van der Waals surface area contributed by atoms with Crippen molar-refractivity contribution in [2.75, 3.05) is 22.8 Å². The summed E-state index contributed by atoms with van der Waals surface area (Å²) in [4.78, 5) is 15.8. The van der Waals surface area contributed by atoms with Crippen LogP contribution in [-0.4, -0.2) is 32.1 Å². The summed E-state index contributed by atoms with van der Waals surface area (Å²) in [6.45, 7) is 2.08. The lowest BCUT2D eigenvalue weighted by Crippen LogP contribution is -2.21. The van der Waals surface area contributed by atoms with Crippen LogP contribution in [0.5, 0.6) is 0 Å². The number of nitrogens with zero attached hydrogens (tertiary/aromatic N) is 1. The molecule has 1 aromatic heterocycles. The Hall–Kier alpha value is -3.59. The number of amides is 1. The molecule has 0 saturated heterocycles. The van der Waals surface area contributed by atoms with Gasteiger partial charge in [0.1, 0.15) is 17.3 Å². The van der Waals surface area contributed by atoms with Crippen LogP contribution in [0.25, 0.3) is 6.08 Å². The molecule has 3 N–H and O–H groups in total. The van der Waals surface area contributed by atoms with Gasteiger partial charge in [0.2, 0.25) is 15.9 Å². The molecule has 34 heavy (non-hydrogen) atoms. The molecule has 0 bridgehead atoms.